The molecule has 1 amide bonds. The summed E-state index contributed by atoms with van der Waals surface area (Å²) in [5.74, 6) is 0.318. The highest BCUT2D eigenvalue weighted by Crippen LogP contribution is 2.33. The van der Waals surface area contributed by atoms with E-state index in [4.69, 9.17) is 4.98 Å². The number of rotatable bonds is 4. The number of hydrogen-bond acceptors (Lipinski definition) is 8. The third-order valence-corrected chi connectivity index (χ3v) is 7.70. The summed E-state index contributed by atoms with van der Waals surface area (Å²) in [6, 6.07) is 7.13. The predicted molar refractivity (Wildman–Crippen MR) is 158 cm³/mol. The molecule has 1 unspecified atom stereocenters. The fourth-order valence-electron chi connectivity index (χ4n) is 5.59. The number of fused-ring (bicyclic) bond motifs is 1. The lowest BCUT2D eigenvalue weighted by atomic mass is 10.0. The van der Waals surface area contributed by atoms with E-state index in [-0.39, 0.29) is 41.8 Å². The zero-order valence-electron chi connectivity index (χ0n) is 24.4. The van der Waals surface area contributed by atoms with Gasteiger partial charge in [-0.15, -0.1) is 0 Å². The molecule has 216 valence electrons. The van der Waals surface area contributed by atoms with Gasteiger partial charge in [0.25, 0.3) is 5.56 Å². The molecule has 42 heavy (non-hydrogen) atoms. The number of carboxylic acid groups (broad SMARTS) is 1. The summed E-state index contributed by atoms with van der Waals surface area (Å²) in [4.78, 5) is 55.3. The van der Waals surface area contributed by atoms with E-state index in [9.17, 15) is 24.8 Å². The Labute approximate surface area is 242 Å². The van der Waals surface area contributed by atoms with Gasteiger partial charge in [0.2, 0.25) is 0 Å². The van der Waals surface area contributed by atoms with Crippen LogP contribution in [0.25, 0.3) is 28.0 Å². The van der Waals surface area contributed by atoms with Gasteiger partial charge in [-0.2, -0.15) is 10.2 Å². The normalized spacial score (nSPS) is 15.3. The van der Waals surface area contributed by atoms with E-state index < -0.39 is 11.8 Å². The highest BCUT2D eigenvalue weighted by molar-refractivity contribution is 5.92. The van der Waals surface area contributed by atoms with E-state index in [1.165, 1.54) is 14.0 Å². The minimum absolute atomic E-state index is 0.0187. The molecule has 0 bridgehead atoms. The van der Waals surface area contributed by atoms with Gasteiger partial charge in [0.15, 0.2) is 5.65 Å². The van der Waals surface area contributed by atoms with E-state index >= 15 is 0 Å². The van der Waals surface area contributed by atoms with E-state index in [0.29, 0.717) is 46.0 Å². The molecule has 12 nitrogen and oxygen atoms in total. The van der Waals surface area contributed by atoms with Crippen LogP contribution in [0.15, 0.2) is 40.2 Å². The molecule has 4 aromatic heterocycles. The van der Waals surface area contributed by atoms with Crippen molar-refractivity contribution < 1.29 is 9.90 Å². The van der Waals surface area contributed by atoms with Crippen molar-refractivity contribution in [3.63, 3.8) is 0 Å². The third-order valence-electron chi connectivity index (χ3n) is 7.70. The molecule has 5 rings (SSSR count). The summed E-state index contributed by atoms with van der Waals surface area (Å²) in [5, 5.41) is 20.2. The summed E-state index contributed by atoms with van der Waals surface area (Å²) in [5.41, 5.74) is 3.25. The molecular weight excluding hydrogens is 536 g/mol. The number of nitrogens with zero attached hydrogens (tertiary/aromatic N) is 8. The zero-order chi connectivity index (χ0) is 30.5. The molecular formula is C30H32N8O4. The number of anilines is 1. The van der Waals surface area contributed by atoms with E-state index in [0.717, 1.165) is 5.56 Å². The average Bonchev–Trinajstić information content (AvgIpc) is 2.94. The predicted octanol–water partition coefficient (Wildman–Crippen LogP) is 3.34. The molecule has 0 aliphatic carbocycles. The van der Waals surface area contributed by atoms with Crippen LogP contribution in [0.2, 0.25) is 0 Å². The number of carbonyl (C=O) groups is 1. The van der Waals surface area contributed by atoms with Crippen LogP contribution in [0.4, 0.5) is 10.6 Å². The Bertz CT molecular complexity index is 1880. The minimum Gasteiger partial charge on any atom is -0.465 e. The first-order valence-corrected chi connectivity index (χ1v) is 13.7. The molecule has 1 fully saturated rings. The van der Waals surface area contributed by atoms with Crippen LogP contribution in [-0.4, -0.2) is 65.9 Å². The first-order chi connectivity index (χ1) is 19.9. The highest BCUT2D eigenvalue weighted by atomic mass is 16.4. The van der Waals surface area contributed by atoms with Crippen LogP contribution in [0.5, 0.6) is 0 Å². The average molecular weight is 569 g/mol. The topological polar surface area (TPSA) is 150 Å². The second-order valence-corrected chi connectivity index (χ2v) is 11.0. The SMILES string of the molecule is Cc1ccnc(C(C)C)c1-n1c(=O)nc(N2CCN(C(=O)O)CC2C)c2cc(C#N)c(-c3cc(C)c(=O)n(C)c3)nc21. The van der Waals surface area contributed by atoms with Crippen LogP contribution in [-0.2, 0) is 7.05 Å². The number of aryl methyl sites for hydroxylation is 3. The van der Waals surface area contributed by atoms with Gasteiger partial charge in [0, 0.05) is 56.2 Å². The maximum atomic E-state index is 14.0. The number of piperazine rings is 1. The van der Waals surface area contributed by atoms with Crippen molar-refractivity contribution in [2.45, 2.75) is 46.6 Å². The second kappa shape index (κ2) is 10.7. The van der Waals surface area contributed by atoms with E-state index in [1.807, 2.05) is 38.7 Å². The van der Waals surface area contributed by atoms with Crippen molar-refractivity contribution in [2.75, 3.05) is 24.5 Å². The first-order valence-electron chi connectivity index (χ1n) is 13.7. The molecule has 1 saturated heterocycles. The number of hydrogen-bond donors (Lipinski definition) is 1. The lowest BCUT2D eigenvalue weighted by Crippen LogP contribution is -2.54. The smallest absolute Gasteiger partial charge is 0.407 e. The van der Waals surface area contributed by atoms with Crippen LogP contribution < -0.4 is 16.1 Å². The molecule has 1 aliphatic heterocycles. The van der Waals surface area contributed by atoms with Crippen molar-refractivity contribution in [1.82, 2.24) is 29.0 Å². The Balaban J connectivity index is 1.88. The summed E-state index contributed by atoms with van der Waals surface area (Å²) in [7, 11) is 1.63. The maximum Gasteiger partial charge on any atom is 0.407 e. The molecule has 4 aromatic rings. The Hall–Kier alpha value is -5.05. The first kappa shape index (κ1) is 28.5. The van der Waals surface area contributed by atoms with Gasteiger partial charge in [-0.3, -0.25) is 9.78 Å². The van der Waals surface area contributed by atoms with Crippen molar-refractivity contribution in [3.8, 4) is 23.0 Å². The largest absolute Gasteiger partial charge is 0.465 e. The standard InChI is InChI=1S/C30H32N8O4/c1-16(2)23-25(17(3)7-8-32-23)38-27-22(26(34-29(38)40)37-10-9-36(30(41)42)14-19(37)5)12-20(13-31)24(33-27)21-11-18(4)28(39)35(6)15-21/h7-8,11-12,15-16,19H,9-10,14H2,1-6H3,(H,41,42). The molecule has 0 spiro atoms. The second-order valence-electron chi connectivity index (χ2n) is 11.0. The fourth-order valence-corrected chi connectivity index (χ4v) is 5.59. The Kier molecular flexibility index (Phi) is 7.28. The van der Waals surface area contributed by atoms with Crippen LogP contribution in [0.3, 0.4) is 0 Å². The molecule has 0 saturated carbocycles. The van der Waals surface area contributed by atoms with Gasteiger partial charge in [0.1, 0.15) is 11.9 Å². The number of nitriles is 1. The molecule has 12 heteroatoms. The van der Waals surface area contributed by atoms with Crippen molar-refractivity contribution in [1.29, 1.82) is 5.26 Å². The quantitative estimate of drug-likeness (QED) is 0.391. The molecule has 5 heterocycles. The third kappa shape index (κ3) is 4.76. The summed E-state index contributed by atoms with van der Waals surface area (Å²) < 4.78 is 2.89. The molecule has 1 N–H and O–H groups in total. The van der Waals surface area contributed by atoms with Crippen LogP contribution in [0.1, 0.15) is 49.1 Å². The fraction of sp³-hybridized carbons (Fsp3) is 0.367. The lowest BCUT2D eigenvalue weighted by Gasteiger charge is -2.39. The van der Waals surface area contributed by atoms with E-state index in [1.54, 1.807) is 38.5 Å². The lowest BCUT2D eigenvalue weighted by molar-refractivity contribution is 0.136. The van der Waals surface area contributed by atoms with Gasteiger partial charge < -0.3 is 19.5 Å². The monoisotopic (exact) mass is 568 g/mol. The van der Waals surface area contributed by atoms with Crippen LogP contribution >= 0.6 is 0 Å². The number of aromatic nitrogens is 5. The van der Waals surface area contributed by atoms with Gasteiger partial charge >= 0.3 is 11.8 Å². The molecule has 0 aromatic carbocycles. The van der Waals surface area contributed by atoms with Crippen LogP contribution in [0, 0.1) is 25.2 Å². The highest BCUT2D eigenvalue weighted by Gasteiger charge is 2.31. The van der Waals surface area contributed by atoms with Gasteiger partial charge in [-0.05, 0) is 50.5 Å². The summed E-state index contributed by atoms with van der Waals surface area (Å²) >= 11 is 0. The zero-order valence-corrected chi connectivity index (χ0v) is 24.4. The minimum atomic E-state index is -1.01. The summed E-state index contributed by atoms with van der Waals surface area (Å²) in [6.07, 6.45) is 2.32. The van der Waals surface area contributed by atoms with Gasteiger partial charge in [0.05, 0.1) is 28.0 Å². The van der Waals surface area contributed by atoms with Gasteiger partial charge in [-0.25, -0.2) is 19.1 Å². The van der Waals surface area contributed by atoms with Crippen molar-refractivity contribution >= 4 is 22.9 Å². The molecule has 1 aliphatic rings. The molecule has 0 radical (unpaired) electrons. The summed E-state index contributed by atoms with van der Waals surface area (Å²) in [6.45, 7) is 10.2. The number of amides is 1. The Morgan fingerprint density at radius 2 is 1.88 bits per heavy atom. The van der Waals surface area contributed by atoms with Crippen molar-refractivity contribution in [2.24, 2.45) is 7.05 Å². The maximum absolute atomic E-state index is 14.0. The Morgan fingerprint density at radius 3 is 2.50 bits per heavy atom. The molecule has 1 atom stereocenters. The van der Waals surface area contributed by atoms with Gasteiger partial charge in [-0.1, -0.05) is 13.8 Å². The van der Waals surface area contributed by atoms with Crippen molar-refractivity contribution in [3.05, 3.63) is 73.8 Å². The Morgan fingerprint density at radius 1 is 1.14 bits per heavy atom. The number of pyridine rings is 3. The van der Waals surface area contributed by atoms with E-state index in [2.05, 4.69) is 16.0 Å².